The summed E-state index contributed by atoms with van der Waals surface area (Å²) in [5.74, 6) is 2.98. The molecule has 0 amide bonds. The molecule has 0 saturated heterocycles. The zero-order valence-electron chi connectivity index (χ0n) is 18.9. The van der Waals surface area contributed by atoms with Crippen molar-refractivity contribution in [3.8, 4) is 0 Å². The van der Waals surface area contributed by atoms with E-state index >= 15 is 0 Å². The van der Waals surface area contributed by atoms with E-state index < -0.39 is 6.16 Å². The van der Waals surface area contributed by atoms with Gasteiger partial charge in [-0.3, -0.25) is 0 Å². The molecule has 0 unspecified atom stereocenters. The van der Waals surface area contributed by atoms with E-state index in [1.54, 1.807) is 0 Å². The highest BCUT2D eigenvalue weighted by molar-refractivity contribution is 5.59. The Morgan fingerprint density at radius 1 is 0.897 bits per heavy atom. The molecule has 0 heterocycles. The molecule has 6 atom stereocenters. The molecule has 0 aromatic heterocycles. The van der Waals surface area contributed by atoms with Crippen LogP contribution < -0.4 is 0 Å². The van der Waals surface area contributed by atoms with Gasteiger partial charge in [-0.25, -0.2) is 4.79 Å². The van der Waals surface area contributed by atoms with E-state index in [4.69, 9.17) is 18.9 Å². The monoisotopic (exact) mass is 410 g/mol. The van der Waals surface area contributed by atoms with Gasteiger partial charge in [-0.05, 0) is 55.8 Å². The van der Waals surface area contributed by atoms with Crippen molar-refractivity contribution in [3.05, 3.63) is 12.7 Å². The van der Waals surface area contributed by atoms with Gasteiger partial charge in [0.2, 0.25) is 0 Å². The summed E-state index contributed by atoms with van der Waals surface area (Å²) >= 11 is 0. The maximum absolute atomic E-state index is 11.8. The SMILES string of the molecule is C=C[C@@H]1CC[C@@H](C)C[C@H]1OCCOC(=O)OCCO[C@@H]1C[C@H](C)CC[C@H]1C(C)C. The molecule has 0 aromatic rings. The number of rotatable bonds is 10. The van der Waals surface area contributed by atoms with Crippen LogP contribution in [0.2, 0.25) is 0 Å². The summed E-state index contributed by atoms with van der Waals surface area (Å²) in [6.07, 6.45) is 8.76. The van der Waals surface area contributed by atoms with Crippen molar-refractivity contribution in [3.63, 3.8) is 0 Å². The molecular weight excluding hydrogens is 368 g/mol. The highest BCUT2D eigenvalue weighted by Gasteiger charge is 2.31. The topological polar surface area (TPSA) is 54.0 Å². The summed E-state index contributed by atoms with van der Waals surface area (Å²) in [7, 11) is 0. The summed E-state index contributed by atoms with van der Waals surface area (Å²) in [6.45, 7) is 14.2. The molecular formula is C24H42O5. The van der Waals surface area contributed by atoms with E-state index in [-0.39, 0.29) is 25.4 Å². The van der Waals surface area contributed by atoms with Gasteiger partial charge >= 0.3 is 6.16 Å². The number of hydrogen-bond donors (Lipinski definition) is 0. The van der Waals surface area contributed by atoms with E-state index in [0.29, 0.717) is 42.8 Å². The third-order valence-corrected chi connectivity index (χ3v) is 6.64. The minimum Gasteiger partial charge on any atom is -0.432 e. The van der Waals surface area contributed by atoms with Gasteiger partial charge in [-0.15, -0.1) is 6.58 Å². The van der Waals surface area contributed by atoms with Crippen molar-refractivity contribution >= 4 is 6.16 Å². The van der Waals surface area contributed by atoms with E-state index in [1.807, 2.05) is 6.08 Å². The maximum atomic E-state index is 11.8. The van der Waals surface area contributed by atoms with Crippen molar-refractivity contribution in [2.45, 2.75) is 78.4 Å². The molecule has 168 valence electrons. The molecule has 0 bridgehead atoms. The fourth-order valence-electron chi connectivity index (χ4n) is 4.81. The summed E-state index contributed by atoms with van der Waals surface area (Å²) in [6, 6.07) is 0. The summed E-state index contributed by atoms with van der Waals surface area (Å²) in [5.41, 5.74) is 0. The van der Waals surface area contributed by atoms with Crippen LogP contribution in [0, 0.1) is 29.6 Å². The second kappa shape index (κ2) is 12.6. The van der Waals surface area contributed by atoms with E-state index in [9.17, 15) is 4.79 Å². The number of hydrogen-bond acceptors (Lipinski definition) is 5. The standard InChI is InChI=1S/C24H42O5/c1-6-20-9-7-18(4)15-22(20)26-11-13-28-24(25)29-14-12-27-23-16-19(5)8-10-21(23)17(2)3/h6,17-23H,1,7-16H2,2-5H3/t18-,19-,20-,21+,22-,23-/m1/s1. The molecule has 2 saturated carbocycles. The molecule has 29 heavy (non-hydrogen) atoms. The Morgan fingerprint density at radius 3 is 2.03 bits per heavy atom. The van der Waals surface area contributed by atoms with Crippen LogP contribution in [0.4, 0.5) is 4.79 Å². The fourth-order valence-corrected chi connectivity index (χ4v) is 4.81. The third kappa shape index (κ3) is 8.29. The van der Waals surface area contributed by atoms with Crippen LogP contribution in [0.15, 0.2) is 12.7 Å². The lowest BCUT2D eigenvalue weighted by Crippen LogP contribution is -2.35. The van der Waals surface area contributed by atoms with Crippen molar-refractivity contribution in [2.24, 2.45) is 29.6 Å². The average molecular weight is 411 g/mol. The lowest BCUT2D eigenvalue weighted by Gasteiger charge is -2.37. The Balaban J connectivity index is 1.56. The van der Waals surface area contributed by atoms with Crippen molar-refractivity contribution in [1.29, 1.82) is 0 Å². The van der Waals surface area contributed by atoms with E-state index in [1.165, 1.54) is 19.3 Å². The van der Waals surface area contributed by atoms with E-state index in [2.05, 4.69) is 34.3 Å². The molecule has 0 aliphatic heterocycles. The molecule has 0 radical (unpaired) electrons. The molecule has 5 nitrogen and oxygen atoms in total. The molecule has 2 rings (SSSR count). The summed E-state index contributed by atoms with van der Waals surface area (Å²) in [5, 5.41) is 0. The molecule has 2 aliphatic carbocycles. The Labute approximate surface area is 177 Å². The van der Waals surface area contributed by atoms with Crippen LogP contribution >= 0.6 is 0 Å². The first-order chi connectivity index (χ1) is 13.9. The van der Waals surface area contributed by atoms with Gasteiger partial charge in [0, 0.05) is 5.92 Å². The van der Waals surface area contributed by atoms with Gasteiger partial charge < -0.3 is 18.9 Å². The van der Waals surface area contributed by atoms with Crippen molar-refractivity contribution in [2.75, 3.05) is 26.4 Å². The van der Waals surface area contributed by atoms with Gasteiger partial charge in [0.05, 0.1) is 25.4 Å². The van der Waals surface area contributed by atoms with Gasteiger partial charge in [-0.2, -0.15) is 0 Å². The largest absolute Gasteiger partial charge is 0.508 e. The van der Waals surface area contributed by atoms with Crippen LogP contribution in [0.5, 0.6) is 0 Å². The second-order valence-corrected chi connectivity index (χ2v) is 9.41. The number of carbonyl (C=O) groups is 1. The third-order valence-electron chi connectivity index (χ3n) is 6.64. The minimum atomic E-state index is -0.646. The van der Waals surface area contributed by atoms with Crippen LogP contribution in [0.3, 0.4) is 0 Å². The smallest absolute Gasteiger partial charge is 0.432 e. The van der Waals surface area contributed by atoms with Crippen LogP contribution in [-0.4, -0.2) is 44.8 Å². The van der Waals surface area contributed by atoms with Crippen LogP contribution in [-0.2, 0) is 18.9 Å². The van der Waals surface area contributed by atoms with Crippen molar-refractivity contribution < 1.29 is 23.7 Å². The first-order valence-electron chi connectivity index (χ1n) is 11.6. The number of ether oxygens (including phenoxy) is 4. The first kappa shape index (κ1) is 24.2. The fraction of sp³-hybridized carbons (Fsp3) is 0.875. The van der Waals surface area contributed by atoms with Crippen LogP contribution in [0.1, 0.15) is 66.2 Å². The molecule has 2 fully saturated rings. The van der Waals surface area contributed by atoms with Crippen molar-refractivity contribution in [1.82, 2.24) is 0 Å². The zero-order chi connectivity index (χ0) is 21.2. The van der Waals surface area contributed by atoms with Gasteiger partial charge in [0.15, 0.2) is 0 Å². The molecule has 5 heteroatoms. The van der Waals surface area contributed by atoms with Gasteiger partial charge in [-0.1, -0.05) is 40.2 Å². The number of carbonyl (C=O) groups excluding carboxylic acids is 1. The minimum absolute atomic E-state index is 0.177. The summed E-state index contributed by atoms with van der Waals surface area (Å²) in [4.78, 5) is 11.8. The predicted molar refractivity (Wildman–Crippen MR) is 115 cm³/mol. The lowest BCUT2D eigenvalue weighted by molar-refractivity contribution is -0.0603. The average Bonchev–Trinajstić information content (AvgIpc) is 2.68. The second-order valence-electron chi connectivity index (χ2n) is 9.41. The molecule has 0 aromatic carbocycles. The normalized spacial score (nSPS) is 32.7. The quantitative estimate of drug-likeness (QED) is 0.266. The lowest BCUT2D eigenvalue weighted by atomic mass is 9.75. The Bertz CT molecular complexity index is 492. The van der Waals surface area contributed by atoms with Crippen LogP contribution in [0.25, 0.3) is 0 Å². The first-order valence-corrected chi connectivity index (χ1v) is 11.6. The van der Waals surface area contributed by atoms with Gasteiger partial charge in [0.1, 0.15) is 13.2 Å². The maximum Gasteiger partial charge on any atom is 0.508 e. The Morgan fingerprint density at radius 2 is 1.45 bits per heavy atom. The zero-order valence-corrected chi connectivity index (χ0v) is 18.9. The highest BCUT2D eigenvalue weighted by Crippen LogP contribution is 2.35. The molecule has 0 spiro atoms. The Kier molecular flexibility index (Phi) is 10.5. The molecule has 2 aliphatic rings. The summed E-state index contributed by atoms with van der Waals surface area (Å²) < 4.78 is 22.3. The van der Waals surface area contributed by atoms with E-state index in [0.717, 1.165) is 19.3 Å². The highest BCUT2D eigenvalue weighted by atomic mass is 16.7. The van der Waals surface area contributed by atoms with Gasteiger partial charge in [0.25, 0.3) is 0 Å². The molecule has 0 N–H and O–H groups in total. The predicted octanol–water partition coefficient (Wildman–Crippen LogP) is 5.62. The Hall–Kier alpha value is -1.07.